The standard InChI is InChI=1S/C12H15ClN2O3/c1-4-8(2)14(3)12(16)9-6-5-7-10(13)11(9)15(17)18/h5-8H,4H2,1-3H3. The lowest BCUT2D eigenvalue weighted by Crippen LogP contribution is -2.34. The average Bonchev–Trinajstić information content (AvgIpc) is 2.35. The van der Waals surface area contributed by atoms with E-state index in [0.717, 1.165) is 6.42 Å². The Hall–Kier alpha value is -1.62. The number of nitro groups is 1. The quantitative estimate of drug-likeness (QED) is 0.624. The maximum Gasteiger partial charge on any atom is 0.300 e. The minimum atomic E-state index is -0.625. The van der Waals surface area contributed by atoms with E-state index < -0.39 is 10.8 Å². The summed E-state index contributed by atoms with van der Waals surface area (Å²) < 4.78 is 0. The highest BCUT2D eigenvalue weighted by Crippen LogP contribution is 2.29. The van der Waals surface area contributed by atoms with Crippen LogP contribution in [-0.4, -0.2) is 28.8 Å². The lowest BCUT2D eigenvalue weighted by Gasteiger charge is -2.23. The van der Waals surface area contributed by atoms with Crippen LogP contribution in [0.2, 0.25) is 5.02 Å². The molecule has 1 amide bonds. The molecule has 1 atom stereocenters. The topological polar surface area (TPSA) is 63.5 Å². The molecular weight excluding hydrogens is 256 g/mol. The molecule has 0 saturated carbocycles. The van der Waals surface area contributed by atoms with Crippen molar-refractivity contribution in [1.29, 1.82) is 0 Å². The summed E-state index contributed by atoms with van der Waals surface area (Å²) in [5.41, 5.74) is -0.311. The zero-order valence-electron chi connectivity index (χ0n) is 10.5. The second-order valence-corrected chi connectivity index (χ2v) is 4.47. The molecule has 0 aromatic heterocycles. The highest BCUT2D eigenvalue weighted by Gasteiger charge is 2.27. The van der Waals surface area contributed by atoms with Gasteiger partial charge in [-0.25, -0.2) is 0 Å². The molecule has 0 radical (unpaired) electrons. The maximum absolute atomic E-state index is 12.2. The van der Waals surface area contributed by atoms with Crippen molar-refractivity contribution in [2.75, 3.05) is 7.05 Å². The Morgan fingerprint density at radius 2 is 2.17 bits per heavy atom. The first-order valence-corrected chi connectivity index (χ1v) is 5.98. The van der Waals surface area contributed by atoms with Gasteiger partial charge in [0.05, 0.1) is 4.92 Å². The van der Waals surface area contributed by atoms with Crippen LogP contribution < -0.4 is 0 Å². The second-order valence-electron chi connectivity index (χ2n) is 4.07. The molecule has 0 spiro atoms. The van der Waals surface area contributed by atoms with Gasteiger partial charge in [0.1, 0.15) is 10.6 Å². The number of para-hydroxylation sites is 1. The third-order valence-corrected chi connectivity index (χ3v) is 3.28. The van der Waals surface area contributed by atoms with E-state index in [1.807, 2.05) is 13.8 Å². The third-order valence-electron chi connectivity index (χ3n) is 2.97. The van der Waals surface area contributed by atoms with Gasteiger partial charge in [0.15, 0.2) is 0 Å². The van der Waals surface area contributed by atoms with Crippen molar-refractivity contribution in [2.24, 2.45) is 0 Å². The number of amides is 1. The van der Waals surface area contributed by atoms with Crippen LogP contribution in [0, 0.1) is 10.1 Å². The van der Waals surface area contributed by atoms with E-state index in [2.05, 4.69) is 0 Å². The first-order valence-electron chi connectivity index (χ1n) is 5.60. The number of halogens is 1. The largest absolute Gasteiger partial charge is 0.339 e. The fourth-order valence-corrected chi connectivity index (χ4v) is 1.78. The molecule has 18 heavy (non-hydrogen) atoms. The van der Waals surface area contributed by atoms with E-state index in [9.17, 15) is 14.9 Å². The molecule has 0 aliphatic heterocycles. The zero-order valence-corrected chi connectivity index (χ0v) is 11.3. The Bertz CT molecular complexity index is 476. The smallest absolute Gasteiger partial charge is 0.300 e. The fraction of sp³-hybridized carbons (Fsp3) is 0.417. The number of hydrogen-bond acceptors (Lipinski definition) is 3. The van der Waals surface area contributed by atoms with Crippen LogP contribution in [0.3, 0.4) is 0 Å². The van der Waals surface area contributed by atoms with Crippen molar-refractivity contribution in [2.45, 2.75) is 26.3 Å². The number of nitrogens with zero attached hydrogens (tertiary/aromatic N) is 2. The summed E-state index contributed by atoms with van der Waals surface area (Å²) in [6.45, 7) is 3.83. The van der Waals surface area contributed by atoms with Crippen molar-refractivity contribution in [3.05, 3.63) is 38.9 Å². The Morgan fingerprint density at radius 3 is 2.67 bits per heavy atom. The SMILES string of the molecule is CCC(C)N(C)C(=O)c1cccc(Cl)c1[N+](=O)[O-]. The van der Waals surface area contributed by atoms with E-state index >= 15 is 0 Å². The molecule has 0 heterocycles. The molecule has 0 aliphatic rings. The van der Waals surface area contributed by atoms with Gasteiger partial charge in [-0.05, 0) is 25.5 Å². The zero-order chi connectivity index (χ0) is 13.9. The Kier molecular flexibility index (Phi) is 4.67. The summed E-state index contributed by atoms with van der Waals surface area (Å²) >= 11 is 5.77. The van der Waals surface area contributed by atoms with Crippen LogP contribution in [0.1, 0.15) is 30.6 Å². The molecule has 1 rings (SSSR count). The first kappa shape index (κ1) is 14.4. The molecule has 6 heteroatoms. The maximum atomic E-state index is 12.2. The van der Waals surface area contributed by atoms with E-state index in [4.69, 9.17) is 11.6 Å². The number of benzene rings is 1. The minimum absolute atomic E-state index is 0.0103. The van der Waals surface area contributed by atoms with Gasteiger partial charge in [-0.1, -0.05) is 24.6 Å². The summed E-state index contributed by atoms with van der Waals surface area (Å²) in [5.74, 6) is -0.390. The molecule has 0 saturated heterocycles. The van der Waals surface area contributed by atoms with Crippen LogP contribution in [0.5, 0.6) is 0 Å². The number of hydrogen-bond donors (Lipinski definition) is 0. The summed E-state index contributed by atoms with van der Waals surface area (Å²) in [6, 6.07) is 4.37. The Labute approximate surface area is 110 Å². The van der Waals surface area contributed by atoms with Crippen molar-refractivity contribution < 1.29 is 9.72 Å². The van der Waals surface area contributed by atoms with Gasteiger partial charge in [-0.15, -0.1) is 0 Å². The summed E-state index contributed by atoms with van der Waals surface area (Å²) in [7, 11) is 1.63. The Morgan fingerprint density at radius 1 is 1.56 bits per heavy atom. The molecule has 98 valence electrons. The highest BCUT2D eigenvalue weighted by molar-refractivity contribution is 6.33. The van der Waals surface area contributed by atoms with Gasteiger partial charge in [0.25, 0.3) is 5.91 Å². The van der Waals surface area contributed by atoms with Gasteiger partial charge in [0, 0.05) is 13.1 Å². The first-order chi connectivity index (χ1) is 8.40. The average molecular weight is 271 g/mol. The van der Waals surface area contributed by atoms with Crippen LogP contribution in [0.4, 0.5) is 5.69 Å². The lowest BCUT2D eigenvalue weighted by molar-refractivity contribution is -0.385. The van der Waals surface area contributed by atoms with Crippen LogP contribution in [-0.2, 0) is 0 Å². The molecule has 5 nitrogen and oxygen atoms in total. The van der Waals surface area contributed by atoms with E-state index in [-0.39, 0.29) is 22.3 Å². The summed E-state index contributed by atoms with van der Waals surface area (Å²) in [6.07, 6.45) is 0.774. The monoisotopic (exact) mass is 270 g/mol. The highest BCUT2D eigenvalue weighted by atomic mass is 35.5. The van der Waals surface area contributed by atoms with Gasteiger partial charge in [-0.2, -0.15) is 0 Å². The molecule has 0 aliphatic carbocycles. The molecule has 1 aromatic carbocycles. The van der Waals surface area contributed by atoms with Crippen molar-refractivity contribution in [3.63, 3.8) is 0 Å². The van der Waals surface area contributed by atoms with Gasteiger partial charge >= 0.3 is 5.69 Å². The molecule has 0 N–H and O–H groups in total. The molecule has 1 aromatic rings. The molecular formula is C12H15ClN2O3. The van der Waals surface area contributed by atoms with Gasteiger partial charge in [-0.3, -0.25) is 14.9 Å². The minimum Gasteiger partial charge on any atom is -0.339 e. The van der Waals surface area contributed by atoms with E-state index in [1.165, 1.54) is 23.1 Å². The lowest BCUT2D eigenvalue weighted by atomic mass is 10.1. The van der Waals surface area contributed by atoms with Crippen LogP contribution >= 0.6 is 11.6 Å². The predicted octanol–water partition coefficient (Wildman–Crippen LogP) is 3.12. The number of carbonyl (C=O) groups excluding carboxylic acids is 1. The van der Waals surface area contributed by atoms with Crippen LogP contribution in [0.15, 0.2) is 18.2 Å². The second kappa shape index (κ2) is 5.82. The van der Waals surface area contributed by atoms with Gasteiger partial charge in [0.2, 0.25) is 0 Å². The van der Waals surface area contributed by atoms with Crippen molar-refractivity contribution >= 4 is 23.2 Å². The third kappa shape index (κ3) is 2.79. The normalized spacial score (nSPS) is 12.0. The molecule has 1 unspecified atom stereocenters. The number of rotatable bonds is 4. The summed E-state index contributed by atoms with van der Waals surface area (Å²) in [4.78, 5) is 24.0. The van der Waals surface area contributed by atoms with Crippen molar-refractivity contribution in [1.82, 2.24) is 4.90 Å². The number of carbonyl (C=O) groups is 1. The molecule has 0 fully saturated rings. The summed E-state index contributed by atoms with van der Waals surface area (Å²) in [5, 5.41) is 10.9. The van der Waals surface area contributed by atoms with Crippen LogP contribution in [0.25, 0.3) is 0 Å². The Balaban J connectivity index is 3.21. The fourth-order valence-electron chi connectivity index (χ4n) is 1.54. The van der Waals surface area contributed by atoms with E-state index in [1.54, 1.807) is 7.05 Å². The molecule has 0 bridgehead atoms. The number of nitro benzene ring substituents is 1. The van der Waals surface area contributed by atoms with E-state index in [0.29, 0.717) is 0 Å². The van der Waals surface area contributed by atoms with Crippen molar-refractivity contribution in [3.8, 4) is 0 Å². The predicted molar refractivity (Wildman–Crippen MR) is 70.0 cm³/mol. The van der Waals surface area contributed by atoms with Gasteiger partial charge < -0.3 is 4.90 Å².